The summed E-state index contributed by atoms with van der Waals surface area (Å²) in [6, 6.07) is 0. The molecule has 0 aliphatic rings. The van der Waals surface area contributed by atoms with Crippen LogP contribution in [0.25, 0.3) is 0 Å². The molecule has 32 valence electrons. The van der Waals surface area contributed by atoms with Gasteiger partial charge in [-0.15, -0.1) is 0 Å². The van der Waals surface area contributed by atoms with Crippen molar-refractivity contribution in [2.45, 2.75) is 0 Å². The number of nitrogens with zero attached hydrogens (tertiary/aromatic N) is 2. The van der Waals surface area contributed by atoms with Crippen LogP contribution in [0.15, 0.2) is 12.4 Å². The Hall–Kier alpha value is -0.328. The third kappa shape index (κ3) is 1.20. The van der Waals surface area contributed by atoms with E-state index in [2.05, 4.69) is 15.4 Å². The van der Waals surface area contributed by atoms with E-state index in [1.807, 2.05) is 0 Å². The van der Waals surface area contributed by atoms with E-state index in [-0.39, 0.29) is 17.4 Å². The summed E-state index contributed by atoms with van der Waals surface area (Å²) in [5, 5.41) is 9.33. The second-order valence-corrected chi connectivity index (χ2v) is 0.656. The van der Waals surface area contributed by atoms with Crippen LogP contribution in [0.3, 0.4) is 0 Å². The van der Waals surface area contributed by atoms with Crippen LogP contribution >= 0.6 is 0 Å². The van der Waals surface area contributed by atoms with Crippen LogP contribution in [-0.2, 0) is 17.4 Å². The van der Waals surface area contributed by atoms with Crippen molar-refractivity contribution in [3.8, 4) is 0 Å². The molecule has 0 aliphatic carbocycles. The van der Waals surface area contributed by atoms with E-state index in [0.717, 1.165) is 0 Å². The van der Waals surface area contributed by atoms with Crippen LogP contribution in [0.1, 0.15) is 0 Å². The third-order valence-electron chi connectivity index (χ3n) is 0.331. The molecule has 0 atom stereocenters. The molecule has 4 heteroatoms. The predicted molar refractivity (Wildman–Crippen MR) is 16.4 cm³/mol. The summed E-state index contributed by atoms with van der Waals surface area (Å²) in [7, 11) is 0. The molecule has 0 unspecified atom stereocenters. The number of nitrogens with one attached hydrogen (secondary N) is 1. The zero-order valence-corrected chi connectivity index (χ0v) is 4.23. The Labute approximate surface area is 45.9 Å². The first-order valence-corrected chi connectivity index (χ1v) is 1.30. The summed E-state index contributed by atoms with van der Waals surface area (Å²) in [5.41, 5.74) is 0. The van der Waals surface area contributed by atoms with E-state index >= 15 is 0 Å². The van der Waals surface area contributed by atoms with E-state index in [1.165, 1.54) is 0 Å². The molecule has 1 aromatic heterocycles. The molecule has 0 aromatic carbocycles. The average Bonchev–Trinajstić information content (AvgIpc) is 1.76. The normalized spacial score (nSPS) is 6.67. The van der Waals surface area contributed by atoms with Gasteiger partial charge in [0.25, 0.3) is 0 Å². The van der Waals surface area contributed by atoms with E-state index < -0.39 is 0 Å². The number of H-pyrrole nitrogens is 1. The van der Waals surface area contributed by atoms with Crippen molar-refractivity contribution in [3.05, 3.63) is 12.4 Å². The summed E-state index contributed by atoms with van der Waals surface area (Å²) in [6.45, 7) is 0. The summed E-state index contributed by atoms with van der Waals surface area (Å²) < 4.78 is 0. The van der Waals surface area contributed by atoms with Gasteiger partial charge in [-0.25, -0.2) is 0 Å². The minimum Gasteiger partial charge on any atom is -0.198 e. The van der Waals surface area contributed by atoms with Gasteiger partial charge in [-0.05, 0) is 0 Å². The van der Waals surface area contributed by atoms with Gasteiger partial charge in [0.1, 0.15) is 0 Å². The van der Waals surface area contributed by atoms with Crippen LogP contribution in [0, 0.1) is 0 Å². The predicted octanol–water partition coefficient (Wildman–Crippen LogP) is -0.198. The van der Waals surface area contributed by atoms with E-state index in [9.17, 15) is 0 Å². The van der Waals surface area contributed by atoms with Crippen molar-refractivity contribution in [2.24, 2.45) is 0 Å². The molecule has 6 heavy (non-hydrogen) atoms. The fraction of sp³-hybridized carbons (Fsp3) is 0. The van der Waals surface area contributed by atoms with Crippen molar-refractivity contribution in [3.63, 3.8) is 0 Å². The maximum atomic E-state index is 3.49. The largest absolute Gasteiger partial charge is 0.198 e. The minimum absolute atomic E-state index is 0. The Bertz CT molecular complexity index is 65.3. The van der Waals surface area contributed by atoms with E-state index in [0.29, 0.717) is 0 Å². The van der Waals surface area contributed by atoms with E-state index in [4.69, 9.17) is 0 Å². The van der Waals surface area contributed by atoms with Crippen LogP contribution in [0.5, 0.6) is 0 Å². The molecule has 0 aliphatic heterocycles. The Morgan fingerprint density at radius 3 is 1.83 bits per heavy atom. The molecular weight excluding hydrogens is 118 g/mol. The minimum atomic E-state index is 0. The van der Waals surface area contributed by atoms with E-state index in [1.54, 1.807) is 12.4 Å². The number of aromatic amines is 1. The first-order valence-electron chi connectivity index (χ1n) is 1.30. The first-order chi connectivity index (χ1) is 2.50. The fourth-order valence-corrected chi connectivity index (χ4v) is 0.167. The van der Waals surface area contributed by atoms with Gasteiger partial charge in [0.05, 0.1) is 12.4 Å². The molecule has 0 radical (unpaired) electrons. The maximum Gasteiger partial charge on any atom is 0.0690 e. The standard InChI is InChI=1S/C2H3N3.Cr/c1-2-4-5-3-1;/h1-2H,(H,3,4,5);. The first kappa shape index (κ1) is 5.67. The summed E-state index contributed by atoms with van der Waals surface area (Å²) in [6.07, 6.45) is 3.17. The van der Waals surface area contributed by atoms with Gasteiger partial charge < -0.3 is 0 Å². The second kappa shape index (κ2) is 2.89. The van der Waals surface area contributed by atoms with Crippen LogP contribution in [0.2, 0.25) is 0 Å². The second-order valence-electron chi connectivity index (χ2n) is 0.656. The SMILES string of the molecule is [Cr].c1cn[nH]n1. The van der Waals surface area contributed by atoms with Crippen molar-refractivity contribution in [1.82, 2.24) is 15.4 Å². The summed E-state index contributed by atoms with van der Waals surface area (Å²) in [4.78, 5) is 0. The van der Waals surface area contributed by atoms with Gasteiger partial charge in [-0.2, -0.15) is 15.4 Å². The Balaban J connectivity index is 0.000000250. The molecule has 1 heterocycles. The van der Waals surface area contributed by atoms with Gasteiger partial charge in [-0.1, -0.05) is 0 Å². The van der Waals surface area contributed by atoms with Crippen LogP contribution < -0.4 is 0 Å². The topological polar surface area (TPSA) is 41.6 Å². The van der Waals surface area contributed by atoms with Gasteiger partial charge in [0.15, 0.2) is 0 Å². The summed E-state index contributed by atoms with van der Waals surface area (Å²) >= 11 is 0. The molecular formula is C2H3CrN3. The molecule has 0 saturated heterocycles. The molecule has 0 fully saturated rings. The van der Waals surface area contributed by atoms with Crippen molar-refractivity contribution >= 4 is 0 Å². The number of aromatic nitrogens is 3. The smallest absolute Gasteiger partial charge is 0.0690 e. The molecule has 1 aromatic rings. The van der Waals surface area contributed by atoms with Crippen molar-refractivity contribution < 1.29 is 17.4 Å². The third-order valence-corrected chi connectivity index (χ3v) is 0.331. The molecule has 0 bridgehead atoms. The monoisotopic (exact) mass is 121 g/mol. The molecule has 0 spiro atoms. The van der Waals surface area contributed by atoms with Gasteiger partial charge >= 0.3 is 0 Å². The summed E-state index contributed by atoms with van der Waals surface area (Å²) in [5.74, 6) is 0. The van der Waals surface area contributed by atoms with Crippen LogP contribution in [-0.4, -0.2) is 15.4 Å². The number of rotatable bonds is 0. The van der Waals surface area contributed by atoms with Gasteiger partial charge in [0, 0.05) is 17.4 Å². The maximum absolute atomic E-state index is 3.49. The van der Waals surface area contributed by atoms with Crippen LogP contribution in [0.4, 0.5) is 0 Å². The molecule has 1 N–H and O–H groups in total. The fourth-order valence-electron chi connectivity index (χ4n) is 0.167. The number of hydrogen-bond donors (Lipinski definition) is 1. The molecule has 0 saturated carbocycles. The van der Waals surface area contributed by atoms with Crippen molar-refractivity contribution in [2.75, 3.05) is 0 Å². The molecule has 0 amide bonds. The van der Waals surface area contributed by atoms with Gasteiger partial charge in [-0.3, -0.25) is 0 Å². The molecule has 1 rings (SSSR count). The average molecular weight is 121 g/mol. The van der Waals surface area contributed by atoms with Crippen molar-refractivity contribution in [1.29, 1.82) is 0 Å². The zero-order chi connectivity index (χ0) is 3.54. The zero-order valence-electron chi connectivity index (χ0n) is 2.96. The quantitative estimate of drug-likeness (QED) is 0.516. The van der Waals surface area contributed by atoms with Gasteiger partial charge in [0.2, 0.25) is 0 Å². The molecule has 3 nitrogen and oxygen atoms in total. The Kier molecular flexibility index (Phi) is 2.73. The number of hydrogen-bond acceptors (Lipinski definition) is 2. The Morgan fingerprint density at radius 1 is 1.17 bits per heavy atom. The Morgan fingerprint density at radius 2 is 1.67 bits per heavy atom.